The molecular weight excluding hydrogens is 1790 g/mol. The van der Waals surface area contributed by atoms with Crippen LogP contribution in [-0.2, 0) is 43.4 Å². The van der Waals surface area contributed by atoms with Crippen LogP contribution in [0.3, 0.4) is 0 Å². The van der Waals surface area contributed by atoms with E-state index in [0.29, 0.717) is 33.0 Å². The number of aliphatic carboxylic acids is 4. The first kappa shape index (κ1) is 121. The van der Waals surface area contributed by atoms with Crippen LogP contribution in [0.1, 0.15) is 171 Å². The molecule has 0 spiro atoms. The summed E-state index contributed by atoms with van der Waals surface area (Å²) in [6.45, 7) is 47.1. The van der Waals surface area contributed by atoms with Gasteiger partial charge in [-0.05, 0) is 270 Å². The molecule has 13 aromatic rings. The van der Waals surface area contributed by atoms with Crippen LogP contribution in [0.2, 0.25) is 15.1 Å². The number of benzene rings is 13. The van der Waals surface area contributed by atoms with E-state index in [0.717, 1.165) is 80.0 Å². The number of anilines is 2. The molecular formula is C115H137Cl3F6N2O10. The Balaban J connectivity index is 0.000000738. The van der Waals surface area contributed by atoms with Gasteiger partial charge in [-0.15, -0.1) is 0 Å². The zero-order valence-electron chi connectivity index (χ0n) is 82.7. The molecule has 21 heteroatoms. The summed E-state index contributed by atoms with van der Waals surface area (Å²) in [5.74, 6) is -1.03. The van der Waals surface area contributed by atoms with E-state index in [1.807, 2.05) is 151 Å². The highest BCUT2D eigenvalue weighted by atomic mass is 35.5. The van der Waals surface area contributed by atoms with Gasteiger partial charge in [-0.25, -0.2) is 9.59 Å². The van der Waals surface area contributed by atoms with Crippen molar-refractivity contribution in [1.29, 1.82) is 0 Å². The van der Waals surface area contributed by atoms with E-state index < -0.39 is 47.4 Å². The predicted molar refractivity (Wildman–Crippen MR) is 554 cm³/mol. The lowest BCUT2D eigenvalue weighted by Crippen LogP contribution is -2.12. The highest BCUT2D eigenvalue weighted by Crippen LogP contribution is 2.31. The summed E-state index contributed by atoms with van der Waals surface area (Å²) < 4.78 is 81.5. The first-order chi connectivity index (χ1) is 63.6. The molecule has 0 aliphatic rings. The maximum absolute atomic E-state index is 12.0. The fourth-order valence-corrected chi connectivity index (χ4v) is 11.3. The van der Waals surface area contributed by atoms with Crippen LogP contribution in [0.4, 0.5) is 37.7 Å². The molecule has 13 rings (SSSR count). The highest BCUT2D eigenvalue weighted by molar-refractivity contribution is 6.42. The van der Waals surface area contributed by atoms with Gasteiger partial charge in [0, 0.05) is 16.4 Å². The van der Waals surface area contributed by atoms with Gasteiger partial charge in [-0.3, -0.25) is 9.59 Å². The third kappa shape index (κ3) is 61.3. The Labute approximate surface area is 819 Å². The van der Waals surface area contributed by atoms with E-state index >= 15 is 0 Å². The summed E-state index contributed by atoms with van der Waals surface area (Å²) in [5.41, 5.74) is 24.1. The fourth-order valence-electron chi connectivity index (χ4n) is 10.8. The van der Waals surface area contributed by atoms with Gasteiger partial charge in [0.05, 0.1) is 21.2 Å². The Hall–Kier alpha value is -12.6. The molecule has 0 amide bonds. The number of alkyl halides is 6. The van der Waals surface area contributed by atoms with Crippen molar-refractivity contribution >= 4 is 70.1 Å². The monoisotopic (exact) mass is 1920 g/mol. The largest absolute Gasteiger partial charge is 0.482 e. The van der Waals surface area contributed by atoms with Crippen molar-refractivity contribution in [2.24, 2.45) is 5.92 Å². The molecule has 0 aliphatic heterocycles. The second-order valence-electron chi connectivity index (χ2n) is 34.2. The van der Waals surface area contributed by atoms with E-state index in [2.05, 4.69) is 230 Å². The zero-order chi connectivity index (χ0) is 103. The summed E-state index contributed by atoms with van der Waals surface area (Å²) >= 11 is 16.9. The van der Waals surface area contributed by atoms with Crippen LogP contribution in [0.5, 0.6) is 11.5 Å². The molecule has 0 bridgehead atoms. The third-order valence-corrected chi connectivity index (χ3v) is 19.8. The molecule has 0 saturated carbocycles. The van der Waals surface area contributed by atoms with Crippen molar-refractivity contribution in [2.45, 2.75) is 189 Å². The molecule has 0 aliphatic carbocycles. The number of carboxylic acids is 4. The minimum absolute atomic E-state index is 0.0382. The number of rotatable bonds is 15. The van der Waals surface area contributed by atoms with Crippen LogP contribution in [-0.4, -0.2) is 70.6 Å². The number of carboxylic acid groups (broad SMARTS) is 4. The SMILES string of the molecule is Cc1ccc(C(C)(C)C)cc1.Cc1ccc(C(C)C)cc1.Cc1ccc(C(F)(F)F)cc1.Cc1ccc(C)c(C)c1.Cc1ccc(C)cc1.Cc1ccc(CC(C)C)cc1.Cc1ccc(Cl)c(Cl)c1.Cc1ccc(Cl)cc1.Cc1ccc(NCC(=O)O)cc1.Cc1ccc(OCC(=O)O)cc1.Cc1cccc(C(F)(F)F)c1.Cc1cccc(NCC(=O)O)c1.Cc1cccc(OCC(=O)O)c1. The zero-order valence-corrected chi connectivity index (χ0v) is 85.0. The van der Waals surface area contributed by atoms with Crippen molar-refractivity contribution in [3.05, 3.63) is 435 Å². The van der Waals surface area contributed by atoms with Gasteiger partial charge >= 0.3 is 36.2 Å². The summed E-state index contributed by atoms with van der Waals surface area (Å²) in [6.07, 6.45) is -7.24. The molecule has 6 N–H and O–H groups in total. The van der Waals surface area contributed by atoms with Crippen molar-refractivity contribution in [2.75, 3.05) is 36.9 Å². The Morgan fingerprint density at radius 2 is 0.647 bits per heavy atom. The highest BCUT2D eigenvalue weighted by Gasteiger charge is 2.31. The van der Waals surface area contributed by atoms with E-state index in [9.17, 15) is 45.5 Å². The fraction of sp³-hybridized carbons (Fsp3) is 0.287. The maximum atomic E-state index is 12.0. The van der Waals surface area contributed by atoms with Gasteiger partial charge in [0.1, 0.15) is 24.6 Å². The summed E-state index contributed by atoms with van der Waals surface area (Å²) in [6, 6.07) is 94.5. The number of carbonyl (C=O) groups is 4. The molecule has 0 atom stereocenters. The van der Waals surface area contributed by atoms with Crippen LogP contribution in [0.15, 0.2) is 303 Å². The molecule has 136 heavy (non-hydrogen) atoms. The second-order valence-corrected chi connectivity index (χ2v) is 35.4. The van der Waals surface area contributed by atoms with Crippen molar-refractivity contribution in [3.63, 3.8) is 0 Å². The average molecular weight is 1930 g/mol. The first-order valence-electron chi connectivity index (χ1n) is 44.1. The Morgan fingerprint density at radius 3 is 1.00 bits per heavy atom. The first-order valence-corrected chi connectivity index (χ1v) is 45.3. The molecule has 0 aromatic heterocycles. The summed E-state index contributed by atoms with van der Waals surface area (Å²) in [5, 5.41) is 41.0. The minimum Gasteiger partial charge on any atom is -0.482 e. The quantitative estimate of drug-likeness (QED) is 0.0533. The van der Waals surface area contributed by atoms with Gasteiger partial charge in [0.25, 0.3) is 0 Å². The Bertz CT molecular complexity index is 5240. The number of halogens is 9. The standard InChI is InChI=1S/2C11H16.C10H14.2C9H11NO2.2C9H10O3.C9H12.2C8H7F3.C8H10.C7H6Cl2.C7H7Cl/c1-9-5-7-10(8-6-9)11(2,3)4;1-9(2)8-11-6-4-10(3)5-7-11;1-8(2)10-6-4-9(3)5-7-10;1-7-2-4-8(5-3-7)10-6-9(11)12;1-7-3-2-4-8(5-7)10-6-9(11)12;1-7-2-4-8(5-3-7)12-6-9(10)11;1-7-3-2-4-8(5-7)12-6-9(10)11;1-7-4-5-8(2)9(3)6-7;1-6-2-4-7(5-3-6)8(9,10)11;1-6-3-2-4-7(5-6)8(9,10)11;1-7-3-5-8(2)6-4-7;1-5-2-3-6(8)7(9)4-5;1-6-2-4-7(8)5-3-6/h5-8H,1-4H3;4-7,9H,8H2,1-3H3;4-8H,1-3H3;2*2-5,10H,6H2,1H3,(H,11,12);2*2-5H,6H2,1H3,(H,10,11);4-6H,1-3H3;2*2-5H,1H3;3-6H,1-2H3;2-4H,1H3;2-5H,1H3. The Morgan fingerprint density at radius 1 is 0.309 bits per heavy atom. The molecule has 0 fully saturated rings. The number of aryl methyl sites for hydroxylation is 16. The van der Waals surface area contributed by atoms with Gasteiger partial charge in [0.15, 0.2) is 13.2 Å². The molecule has 13 aromatic carbocycles. The summed E-state index contributed by atoms with van der Waals surface area (Å²) in [7, 11) is 0. The number of hydrogen-bond acceptors (Lipinski definition) is 8. The summed E-state index contributed by atoms with van der Waals surface area (Å²) in [4.78, 5) is 40.6. The van der Waals surface area contributed by atoms with Crippen LogP contribution < -0.4 is 20.1 Å². The van der Waals surface area contributed by atoms with Crippen molar-refractivity contribution in [3.8, 4) is 11.5 Å². The molecule has 730 valence electrons. The molecule has 0 unspecified atom stereocenters. The van der Waals surface area contributed by atoms with Crippen LogP contribution >= 0.6 is 34.8 Å². The second kappa shape index (κ2) is 65.1. The van der Waals surface area contributed by atoms with Crippen LogP contribution in [0.25, 0.3) is 0 Å². The molecule has 0 radical (unpaired) electrons. The van der Waals surface area contributed by atoms with Crippen LogP contribution in [0, 0.1) is 117 Å². The normalized spacial score (nSPS) is 10.1. The van der Waals surface area contributed by atoms with Gasteiger partial charge < -0.3 is 40.5 Å². The van der Waals surface area contributed by atoms with Crippen molar-refractivity contribution in [1.82, 2.24) is 0 Å². The van der Waals surface area contributed by atoms with Gasteiger partial charge in [-0.1, -0.05) is 357 Å². The predicted octanol–water partition coefficient (Wildman–Crippen LogP) is 32.4. The lowest BCUT2D eigenvalue weighted by Gasteiger charge is -2.18. The number of ether oxygens (including phenoxy) is 2. The third-order valence-electron chi connectivity index (χ3n) is 18.8. The van der Waals surface area contributed by atoms with E-state index in [1.165, 1.54) is 91.4 Å². The Kier molecular flexibility index (Phi) is 58.1. The van der Waals surface area contributed by atoms with Crippen molar-refractivity contribution < 1.29 is 75.4 Å². The number of hydrogen-bond donors (Lipinski definition) is 6. The van der Waals surface area contributed by atoms with E-state index in [1.54, 1.807) is 50.2 Å². The number of nitrogens with one attached hydrogen (secondary N) is 2. The minimum atomic E-state index is -4.22. The topological polar surface area (TPSA) is 192 Å². The maximum Gasteiger partial charge on any atom is 0.416 e. The molecule has 0 saturated heterocycles. The molecule has 12 nitrogen and oxygen atoms in total. The lowest BCUT2D eigenvalue weighted by atomic mass is 9.87. The van der Waals surface area contributed by atoms with E-state index in [-0.39, 0.29) is 31.7 Å². The smallest absolute Gasteiger partial charge is 0.416 e. The molecule has 0 heterocycles. The van der Waals surface area contributed by atoms with Gasteiger partial charge in [0.2, 0.25) is 0 Å². The lowest BCUT2D eigenvalue weighted by molar-refractivity contribution is -0.140. The average Bonchev–Trinajstić information content (AvgIpc) is 0.878. The van der Waals surface area contributed by atoms with Gasteiger partial charge in [-0.2, -0.15) is 26.3 Å². The van der Waals surface area contributed by atoms with E-state index in [4.69, 9.17) is 64.7 Å².